The Morgan fingerprint density at radius 1 is 0.333 bits per heavy atom. The molecule has 0 aromatic rings. The Hall–Kier alpha value is -1.94. The van der Waals surface area contributed by atoms with Crippen molar-refractivity contribution in [3.63, 3.8) is 0 Å². The highest BCUT2D eigenvalue weighted by Crippen LogP contribution is 2.45. The van der Waals surface area contributed by atoms with Crippen molar-refractivity contribution in [2.75, 3.05) is 39.6 Å². The lowest BCUT2D eigenvalue weighted by Gasteiger charge is -2.21. The molecule has 0 aromatic heterocycles. The molecule has 19 heteroatoms. The molecule has 0 saturated heterocycles. The molecule has 0 aromatic carbocycles. The zero-order valence-corrected chi connectivity index (χ0v) is 58.1. The molecule has 0 aliphatic heterocycles. The van der Waals surface area contributed by atoms with Gasteiger partial charge in [-0.1, -0.05) is 292 Å². The summed E-state index contributed by atoms with van der Waals surface area (Å²) < 4.78 is 68.2. The van der Waals surface area contributed by atoms with E-state index in [0.717, 1.165) is 108 Å². The van der Waals surface area contributed by atoms with Gasteiger partial charge < -0.3 is 33.8 Å². The first-order valence-electron chi connectivity index (χ1n) is 35.5. The van der Waals surface area contributed by atoms with Crippen LogP contribution in [0.4, 0.5) is 0 Å². The van der Waals surface area contributed by atoms with Crippen LogP contribution in [0.5, 0.6) is 0 Å². The third-order valence-corrected chi connectivity index (χ3v) is 18.0. The SMILES string of the molecule is CCCCCCCCCCCCCCCCCC(=O)O[C@H](COC(=O)CCCCCCCCCCCC(C)C)COP(=O)(O)OC[C@@H](O)COP(=O)(O)OC[C@@H](COC(=O)CCCCCCCCCC)OC(=O)CCCCCCCCCCC(C)CC. The molecule has 0 rings (SSSR count). The van der Waals surface area contributed by atoms with Crippen molar-refractivity contribution < 1.29 is 80.2 Å². The summed E-state index contributed by atoms with van der Waals surface area (Å²) in [6.07, 6.45) is 44.4. The summed E-state index contributed by atoms with van der Waals surface area (Å²) in [4.78, 5) is 72.4. The number of aliphatic hydroxyl groups excluding tert-OH is 1. The van der Waals surface area contributed by atoms with E-state index in [2.05, 4.69) is 41.5 Å². The van der Waals surface area contributed by atoms with Gasteiger partial charge in [0.15, 0.2) is 12.2 Å². The number of hydrogen-bond donors (Lipinski definition) is 3. The van der Waals surface area contributed by atoms with Crippen molar-refractivity contribution in [2.45, 2.75) is 362 Å². The average molecular weight is 1280 g/mol. The lowest BCUT2D eigenvalue weighted by Crippen LogP contribution is -2.30. The summed E-state index contributed by atoms with van der Waals surface area (Å²) in [6, 6.07) is 0. The number of rotatable bonds is 67. The van der Waals surface area contributed by atoms with Crippen molar-refractivity contribution in [3.8, 4) is 0 Å². The number of unbranched alkanes of at least 4 members (excludes halogenated alkanes) is 36. The van der Waals surface area contributed by atoms with Gasteiger partial charge in [0, 0.05) is 25.7 Å². The van der Waals surface area contributed by atoms with Crippen LogP contribution in [0.1, 0.15) is 343 Å². The molecular weight excluding hydrogens is 1150 g/mol. The van der Waals surface area contributed by atoms with E-state index in [1.165, 1.54) is 154 Å². The number of carbonyl (C=O) groups is 4. The Kier molecular flexibility index (Phi) is 59.0. The van der Waals surface area contributed by atoms with Gasteiger partial charge in [0.05, 0.1) is 26.4 Å². The zero-order valence-electron chi connectivity index (χ0n) is 56.3. The Morgan fingerprint density at radius 3 is 0.874 bits per heavy atom. The number of ether oxygens (including phenoxy) is 4. The van der Waals surface area contributed by atoms with E-state index in [1.807, 2.05) is 0 Å². The number of aliphatic hydroxyl groups is 1. The van der Waals surface area contributed by atoms with E-state index in [4.69, 9.17) is 37.0 Å². The fourth-order valence-corrected chi connectivity index (χ4v) is 11.8. The van der Waals surface area contributed by atoms with Crippen LogP contribution in [0.3, 0.4) is 0 Å². The van der Waals surface area contributed by atoms with Gasteiger partial charge >= 0.3 is 39.5 Å². The van der Waals surface area contributed by atoms with Gasteiger partial charge in [0.2, 0.25) is 0 Å². The maximum atomic E-state index is 13.0. The van der Waals surface area contributed by atoms with Gasteiger partial charge in [-0.3, -0.25) is 37.3 Å². The number of phosphoric acid groups is 2. The molecule has 3 N–H and O–H groups in total. The number of esters is 4. The number of hydrogen-bond acceptors (Lipinski definition) is 15. The summed E-state index contributed by atoms with van der Waals surface area (Å²) in [5.41, 5.74) is 0. The standard InChI is InChI=1S/C68H132O17P2/c1-7-10-12-14-16-18-19-20-21-22-23-26-34-40-46-52-67(72)84-64(57-79-66(71)51-45-39-33-27-24-25-30-36-42-48-60(4)5)59-83-87(76,77)81-55-62(69)54-80-86(74,75)82-58-63(56-78-65(70)50-44-38-32-17-15-13-11-8-2)85-68(73)53-47-41-35-29-28-31-37-43-49-61(6)9-3/h60-64,69H,7-59H2,1-6H3,(H,74,75)(H,76,77)/t61?,62-,63+,64+/m0/s1. The van der Waals surface area contributed by atoms with Gasteiger partial charge in [0.25, 0.3) is 0 Å². The van der Waals surface area contributed by atoms with Crippen molar-refractivity contribution >= 4 is 39.5 Å². The summed E-state index contributed by atoms with van der Waals surface area (Å²) >= 11 is 0. The van der Waals surface area contributed by atoms with Crippen LogP contribution < -0.4 is 0 Å². The van der Waals surface area contributed by atoms with Crippen molar-refractivity contribution in [2.24, 2.45) is 11.8 Å². The van der Waals surface area contributed by atoms with E-state index in [1.54, 1.807) is 0 Å². The molecule has 6 atom stereocenters. The largest absolute Gasteiger partial charge is 0.472 e. The van der Waals surface area contributed by atoms with Crippen LogP contribution >= 0.6 is 15.6 Å². The van der Waals surface area contributed by atoms with Crippen molar-refractivity contribution in [3.05, 3.63) is 0 Å². The lowest BCUT2D eigenvalue weighted by molar-refractivity contribution is -0.161. The first-order chi connectivity index (χ1) is 41.9. The molecule has 3 unspecified atom stereocenters. The third kappa shape index (κ3) is 61.3. The first-order valence-corrected chi connectivity index (χ1v) is 38.5. The minimum absolute atomic E-state index is 0.105. The van der Waals surface area contributed by atoms with Crippen LogP contribution in [-0.2, 0) is 65.4 Å². The Bertz CT molecular complexity index is 1700. The topological polar surface area (TPSA) is 237 Å². The minimum Gasteiger partial charge on any atom is -0.462 e. The molecule has 87 heavy (non-hydrogen) atoms. The van der Waals surface area contributed by atoms with Crippen LogP contribution in [-0.4, -0.2) is 96.7 Å². The molecule has 0 fully saturated rings. The maximum Gasteiger partial charge on any atom is 0.472 e. The summed E-state index contributed by atoms with van der Waals surface area (Å²) in [7, 11) is -9.89. The van der Waals surface area contributed by atoms with Crippen molar-refractivity contribution in [1.29, 1.82) is 0 Å². The molecule has 0 radical (unpaired) electrons. The number of phosphoric ester groups is 2. The number of carbonyl (C=O) groups excluding carboxylic acids is 4. The van der Waals surface area contributed by atoms with Gasteiger partial charge in [-0.15, -0.1) is 0 Å². The maximum absolute atomic E-state index is 13.0. The molecule has 0 spiro atoms. The summed E-state index contributed by atoms with van der Waals surface area (Å²) in [6.45, 7) is 9.49. The zero-order chi connectivity index (χ0) is 64.3. The Balaban J connectivity index is 5.23. The first kappa shape index (κ1) is 85.1. The van der Waals surface area contributed by atoms with Crippen LogP contribution in [0.25, 0.3) is 0 Å². The summed E-state index contributed by atoms with van der Waals surface area (Å²) in [5, 5.41) is 10.6. The highest BCUT2D eigenvalue weighted by atomic mass is 31.2. The average Bonchev–Trinajstić information content (AvgIpc) is 3.57. The molecule has 516 valence electrons. The Morgan fingerprint density at radius 2 is 0.586 bits per heavy atom. The van der Waals surface area contributed by atoms with Crippen LogP contribution in [0.2, 0.25) is 0 Å². The van der Waals surface area contributed by atoms with Crippen LogP contribution in [0.15, 0.2) is 0 Å². The molecule has 0 saturated carbocycles. The molecule has 0 aliphatic carbocycles. The highest BCUT2D eigenvalue weighted by molar-refractivity contribution is 7.47. The molecular formula is C68H132O17P2. The molecule has 0 heterocycles. The predicted molar refractivity (Wildman–Crippen MR) is 349 cm³/mol. The summed E-state index contributed by atoms with van der Waals surface area (Å²) in [5.74, 6) is -0.616. The van der Waals surface area contributed by atoms with E-state index >= 15 is 0 Å². The van der Waals surface area contributed by atoms with Gasteiger partial charge in [-0.2, -0.15) is 0 Å². The van der Waals surface area contributed by atoms with Crippen LogP contribution in [0, 0.1) is 11.8 Å². The van der Waals surface area contributed by atoms with E-state index in [-0.39, 0.29) is 25.7 Å². The normalized spacial score (nSPS) is 14.5. The van der Waals surface area contributed by atoms with Gasteiger partial charge in [-0.05, 0) is 37.5 Å². The molecule has 0 bridgehead atoms. The smallest absolute Gasteiger partial charge is 0.462 e. The quantitative estimate of drug-likeness (QED) is 0.0222. The predicted octanol–water partition coefficient (Wildman–Crippen LogP) is 19.2. The Labute approximate surface area is 530 Å². The fraction of sp³-hybridized carbons (Fsp3) is 0.941. The molecule has 0 amide bonds. The molecule has 0 aliphatic rings. The second-order valence-corrected chi connectivity index (χ2v) is 28.2. The minimum atomic E-state index is -4.95. The van der Waals surface area contributed by atoms with Gasteiger partial charge in [0.1, 0.15) is 19.3 Å². The third-order valence-electron chi connectivity index (χ3n) is 16.1. The lowest BCUT2D eigenvalue weighted by atomic mass is 9.99. The monoisotopic (exact) mass is 1280 g/mol. The van der Waals surface area contributed by atoms with Gasteiger partial charge in [-0.25, -0.2) is 9.13 Å². The second-order valence-electron chi connectivity index (χ2n) is 25.3. The van der Waals surface area contributed by atoms with E-state index < -0.39 is 97.5 Å². The fourth-order valence-electron chi connectivity index (χ4n) is 10.2. The highest BCUT2D eigenvalue weighted by Gasteiger charge is 2.30. The van der Waals surface area contributed by atoms with E-state index in [9.17, 15) is 43.2 Å². The van der Waals surface area contributed by atoms with Crippen molar-refractivity contribution in [1.82, 2.24) is 0 Å². The second kappa shape index (κ2) is 60.3. The molecule has 17 nitrogen and oxygen atoms in total. The van der Waals surface area contributed by atoms with E-state index in [0.29, 0.717) is 25.7 Å².